The van der Waals surface area contributed by atoms with Crippen LogP contribution in [0, 0.1) is 0 Å². The van der Waals surface area contributed by atoms with Gasteiger partial charge in [-0.3, -0.25) is 4.79 Å². The van der Waals surface area contributed by atoms with E-state index in [-0.39, 0.29) is 36.4 Å². The van der Waals surface area contributed by atoms with Crippen molar-refractivity contribution in [3.8, 4) is 0 Å². The number of rotatable bonds is 5. The predicted molar refractivity (Wildman–Crippen MR) is 94.2 cm³/mol. The fourth-order valence-electron chi connectivity index (χ4n) is 2.92. The smallest absolute Gasteiger partial charge is 0.227 e. The maximum absolute atomic E-state index is 12.8. The zero-order valence-electron chi connectivity index (χ0n) is 13.0. The van der Waals surface area contributed by atoms with Gasteiger partial charge in [-0.2, -0.15) is 0 Å². The van der Waals surface area contributed by atoms with Gasteiger partial charge in [0.15, 0.2) is 14.5 Å². The molecular weight excluding hydrogens is 394 g/mol. The molecular formula is C17H18BrNO4S. The minimum atomic E-state index is -3.07. The van der Waals surface area contributed by atoms with E-state index in [1.54, 1.807) is 17.0 Å². The van der Waals surface area contributed by atoms with Crippen molar-refractivity contribution >= 4 is 31.7 Å². The predicted octanol–water partition coefficient (Wildman–Crippen LogP) is 2.80. The minimum Gasteiger partial charge on any atom is -0.452 e. The van der Waals surface area contributed by atoms with Crippen molar-refractivity contribution in [2.45, 2.75) is 25.4 Å². The molecule has 1 aromatic heterocycles. The van der Waals surface area contributed by atoms with Gasteiger partial charge < -0.3 is 9.32 Å². The average molecular weight is 412 g/mol. The maximum Gasteiger partial charge on any atom is 0.227 e. The number of carbonyl (C=O) groups excluding carboxylic acids is 1. The van der Waals surface area contributed by atoms with E-state index in [1.807, 2.05) is 30.3 Å². The first-order valence-corrected chi connectivity index (χ1v) is 10.3. The lowest BCUT2D eigenvalue weighted by Gasteiger charge is -2.27. The molecule has 2 aromatic rings. The molecule has 128 valence electrons. The maximum atomic E-state index is 12.8. The summed E-state index contributed by atoms with van der Waals surface area (Å²) in [5, 5.41) is 0. The summed E-state index contributed by atoms with van der Waals surface area (Å²) in [7, 11) is -3.07. The molecule has 0 radical (unpaired) electrons. The standard InChI is InChI=1S/C17H18BrNO4S/c18-16-7-6-15(23-16)11-19(14-8-9-24(21,22)12-14)17(20)10-13-4-2-1-3-5-13/h1-7,14H,8-12H2/t14-/m0/s1. The zero-order chi connectivity index (χ0) is 17.2. The van der Waals surface area contributed by atoms with E-state index in [1.165, 1.54) is 0 Å². The topological polar surface area (TPSA) is 67.6 Å². The normalized spacial score (nSPS) is 19.3. The molecule has 24 heavy (non-hydrogen) atoms. The Morgan fingerprint density at radius 3 is 2.54 bits per heavy atom. The van der Waals surface area contributed by atoms with Crippen LogP contribution in [0.1, 0.15) is 17.7 Å². The van der Waals surface area contributed by atoms with Crippen LogP contribution in [0.3, 0.4) is 0 Å². The Hall–Kier alpha value is -1.60. The number of amides is 1. The van der Waals surface area contributed by atoms with Gasteiger partial charge in [0, 0.05) is 6.04 Å². The lowest BCUT2D eigenvalue weighted by Crippen LogP contribution is -2.41. The number of hydrogen-bond donors (Lipinski definition) is 0. The molecule has 1 fully saturated rings. The first-order chi connectivity index (χ1) is 11.4. The van der Waals surface area contributed by atoms with E-state index < -0.39 is 9.84 Å². The average Bonchev–Trinajstić information content (AvgIpc) is 3.11. The highest BCUT2D eigenvalue weighted by molar-refractivity contribution is 9.10. The second-order valence-corrected chi connectivity index (χ2v) is 8.96. The van der Waals surface area contributed by atoms with E-state index in [9.17, 15) is 13.2 Å². The second kappa shape index (κ2) is 7.11. The Morgan fingerprint density at radius 2 is 1.96 bits per heavy atom. The number of sulfone groups is 1. The quantitative estimate of drug-likeness (QED) is 0.758. The van der Waals surface area contributed by atoms with Crippen LogP contribution in [0.25, 0.3) is 0 Å². The largest absolute Gasteiger partial charge is 0.452 e. The molecule has 1 aromatic carbocycles. The van der Waals surface area contributed by atoms with Crippen molar-refractivity contribution in [2.75, 3.05) is 11.5 Å². The third-order valence-corrected chi connectivity index (χ3v) is 6.30. The third-order valence-electron chi connectivity index (χ3n) is 4.12. The van der Waals surface area contributed by atoms with Crippen LogP contribution in [-0.2, 0) is 27.6 Å². The van der Waals surface area contributed by atoms with Crippen LogP contribution in [0.5, 0.6) is 0 Å². The van der Waals surface area contributed by atoms with Crippen molar-refractivity contribution in [1.29, 1.82) is 0 Å². The molecule has 2 heterocycles. The van der Waals surface area contributed by atoms with Gasteiger partial charge in [-0.05, 0) is 40.0 Å². The van der Waals surface area contributed by atoms with Crippen molar-refractivity contribution in [3.05, 3.63) is 58.5 Å². The van der Waals surface area contributed by atoms with Crippen LogP contribution in [0.4, 0.5) is 0 Å². The summed E-state index contributed by atoms with van der Waals surface area (Å²) in [4.78, 5) is 14.4. The molecule has 0 spiro atoms. The van der Waals surface area contributed by atoms with E-state index in [0.717, 1.165) is 5.56 Å². The molecule has 0 saturated carbocycles. The zero-order valence-corrected chi connectivity index (χ0v) is 15.4. The fraction of sp³-hybridized carbons (Fsp3) is 0.353. The molecule has 1 aliphatic rings. The van der Waals surface area contributed by atoms with E-state index in [4.69, 9.17) is 4.42 Å². The molecule has 0 bridgehead atoms. The number of hydrogen-bond acceptors (Lipinski definition) is 4. The van der Waals surface area contributed by atoms with E-state index in [0.29, 0.717) is 16.9 Å². The van der Waals surface area contributed by atoms with Crippen LogP contribution in [0.15, 0.2) is 51.6 Å². The highest BCUT2D eigenvalue weighted by atomic mass is 79.9. The Bertz CT molecular complexity index is 816. The molecule has 0 N–H and O–H groups in total. The van der Waals surface area contributed by atoms with Gasteiger partial charge in [0.25, 0.3) is 0 Å². The van der Waals surface area contributed by atoms with Gasteiger partial charge in [0.2, 0.25) is 5.91 Å². The van der Waals surface area contributed by atoms with Gasteiger partial charge in [-0.1, -0.05) is 30.3 Å². The Labute approximate surface area is 149 Å². The summed E-state index contributed by atoms with van der Waals surface area (Å²) < 4.78 is 29.7. The van der Waals surface area contributed by atoms with E-state index >= 15 is 0 Å². The minimum absolute atomic E-state index is 0.0232. The first-order valence-electron chi connectivity index (χ1n) is 7.71. The second-order valence-electron chi connectivity index (χ2n) is 5.95. The molecule has 0 unspecified atom stereocenters. The van der Waals surface area contributed by atoms with Crippen LogP contribution >= 0.6 is 15.9 Å². The summed E-state index contributed by atoms with van der Waals surface area (Å²) in [6, 6.07) is 12.7. The molecule has 1 atom stereocenters. The Morgan fingerprint density at radius 1 is 1.21 bits per heavy atom. The van der Waals surface area contributed by atoms with Crippen LogP contribution in [0.2, 0.25) is 0 Å². The first kappa shape index (κ1) is 17.2. The Kier molecular flexibility index (Phi) is 5.10. The summed E-state index contributed by atoms with van der Waals surface area (Å²) >= 11 is 3.25. The fourth-order valence-corrected chi connectivity index (χ4v) is 4.99. The number of furan rings is 1. The molecule has 1 amide bonds. The molecule has 1 saturated heterocycles. The molecule has 5 nitrogen and oxygen atoms in total. The van der Waals surface area contributed by atoms with E-state index in [2.05, 4.69) is 15.9 Å². The molecule has 3 rings (SSSR count). The summed E-state index contributed by atoms with van der Waals surface area (Å²) in [5.74, 6) is 0.702. The molecule has 7 heteroatoms. The highest BCUT2D eigenvalue weighted by Crippen LogP contribution is 2.23. The van der Waals surface area contributed by atoms with Gasteiger partial charge in [0.1, 0.15) is 5.76 Å². The van der Waals surface area contributed by atoms with Crippen molar-refractivity contribution in [2.24, 2.45) is 0 Å². The van der Waals surface area contributed by atoms with Crippen molar-refractivity contribution in [1.82, 2.24) is 4.90 Å². The highest BCUT2D eigenvalue weighted by Gasteiger charge is 2.35. The third kappa shape index (κ3) is 4.27. The van der Waals surface area contributed by atoms with Crippen LogP contribution < -0.4 is 0 Å². The van der Waals surface area contributed by atoms with Gasteiger partial charge in [-0.25, -0.2) is 8.42 Å². The van der Waals surface area contributed by atoms with Crippen LogP contribution in [-0.4, -0.2) is 36.8 Å². The monoisotopic (exact) mass is 411 g/mol. The van der Waals surface area contributed by atoms with Gasteiger partial charge in [0.05, 0.1) is 24.5 Å². The van der Waals surface area contributed by atoms with Crippen molar-refractivity contribution < 1.29 is 17.6 Å². The number of carbonyl (C=O) groups is 1. The lowest BCUT2D eigenvalue weighted by atomic mass is 10.1. The summed E-state index contributed by atoms with van der Waals surface area (Å²) in [6.07, 6.45) is 0.726. The number of nitrogens with zero attached hydrogens (tertiary/aromatic N) is 1. The lowest BCUT2D eigenvalue weighted by molar-refractivity contribution is -0.133. The number of halogens is 1. The van der Waals surface area contributed by atoms with Crippen molar-refractivity contribution in [3.63, 3.8) is 0 Å². The van der Waals surface area contributed by atoms with Gasteiger partial charge >= 0.3 is 0 Å². The van der Waals surface area contributed by atoms with Gasteiger partial charge in [-0.15, -0.1) is 0 Å². The SMILES string of the molecule is O=C(Cc1ccccc1)N(Cc1ccc(Br)o1)[C@H]1CCS(=O)(=O)C1. The number of benzene rings is 1. The molecule has 0 aliphatic carbocycles. The molecule has 1 aliphatic heterocycles. The summed E-state index contributed by atoms with van der Waals surface area (Å²) in [5.41, 5.74) is 0.911. The summed E-state index contributed by atoms with van der Waals surface area (Å²) in [6.45, 7) is 0.275. The Balaban J connectivity index is 1.79.